The van der Waals surface area contributed by atoms with Gasteiger partial charge in [-0.15, -0.1) is 0 Å². The van der Waals surface area contributed by atoms with Gasteiger partial charge in [0.25, 0.3) is 17.5 Å². The summed E-state index contributed by atoms with van der Waals surface area (Å²) < 4.78 is 0. The van der Waals surface area contributed by atoms with Gasteiger partial charge < -0.3 is 10.8 Å². The van der Waals surface area contributed by atoms with Crippen molar-refractivity contribution >= 4 is 39.6 Å². The molecule has 0 aliphatic carbocycles. The zero-order valence-electron chi connectivity index (χ0n) is 14.1. The van der Waals surface area contributed by atoms with E-state index in [9.17, 15) is 24.8 Å². The fourth-order valence-corrected chi connectivity index (χ4v) is 3.42. The highest BCUT2D eigenvalue weighted by Gasteiger charge is 2.37. The first-order chi connectivity index (χ1) is 12.8. The number of non-ortho nitro benzene ring substituents is 1. The average Bonchev–Trinajstić information content (AvgIpc) is 2.63. The zero-order valence-corrected chi connectivity index (χ0v) is 14.1. The van der Waals surface area contributed by atoms with Gasteiger partial charge in [0.05, 0.1) is 21.7 Å². The molecule has 0 saturated heterocycles. The van der Waals surface area contributed by atoms with Gasteiger partial charge in [0, 0.05) is 22.6 Å². The molecule has 3 aromatic carbocycles. The van der Waals surface area contributed by atoms with Crippen LogP contribution in [-0.4, -0.2) is 21.8 Å². The number of rotatable bonds is 2. The van der Waals surface area contributed by atoms with Crippen molar-refractivity contribution in [2.24, 2.45) is 0 Å². The van der Waals surface area contributed by atoms with Crippen LogP contribution in [0.5, 0.6) is 5.75 Å². The Hall–Kier alpha value is -3.94. The van der Waals surface area contributed by atoms with E-state index in [2.05, 4.69) is 0 Å². The van der Waals surface area contributed by atoms with Crippen LogP contribution in [0, 0.1) is 17.0 Å². The topological polar surface area (TPSA) is 127 Å². The summed E-state index contributed by atoms with van der Waals surface area (Å²) in [6, 6.07) is 10.1. The molecule has 3 aromatic rings. The minimum Gasteiger partial charge on any atom is -0.504 e. The second-order valence-electron chi connectivity index (χ2n) is 6.29. The molecule has 0 spiro atoms. The third-order valence-corrected chi connectivity index (χ3v) is 4.59. The number of nitro benzene ring substituents is 1. The van der Waals surface area contributed by atoms with E-state index in [0.29, 0.717) is 5.56 Å². The molecule has 3 N–H and O–H groups in total. The number of carbonyl (C=O) groups excluding carboxylic acids is 2. The maximum absolute atomic E-state index is 13.1. The van der Waals surface area contributed by atoms with Crippen molar-refractivity contribution in [2.75, 3.05) is 10.6 Å². The Labute approximate surface area is 152 Å². The Morgan fingerprint density at radius 1 is 1.07 bits per heavy atom. The molecule has 1 aliphatic rings. The molecule has 1 heterocycles. The highest BCUT2D eigenvalue weighted by Crippen LogP contribution is 2.41. The third kappa shape index (κ3) is 2.23. The summed E-state index contributed by atoms with van der Waals surface area (Å²) in [4.78, 5) is 37.7. The first kappa shape index (κ1) is 16.5. The van der Waals surface area contributed by atoms with Crippen molar-refractivity contribution < 1.29 is 19.6 Å². The van der Waals surface area contributed by atoms with Crippen LogP contribution >= 0.6 is 0 Å². The van der Waals surface area contributed by atoms with Crippen molar-refractivity contribution in [3.05, 3.63) is 69.3 Å². The molecule has 0 saturated carbocycles. The van der Waals surface area contributed by atoms with Crippen LogP contribution in [0.3, 0.4) is 0 Å². The molecular weight excluding hydrogens is 350 g/mol. The quantitative estimate of drug-likeness (QED) is 0.237. The van der Waals surface area contributed by atoms with E-state index in [1.807, 2.05) is 0 Å². The predicted octanol–water partition coefficient (Wildman–Crippen LogP) is 3.14. The summed E-state index contributed by atoms with van der Waals surface area (Å²) in [7, 11) is 0. The number of nitrogens with two attached hydrogens (primary N) is 1. The average molecular weight is 363 g/mol. The number of aromatic hydroxyl groups is 1. The van der Waals surface area contributed by atoms with Crippen LogP contribution < -0.4 is 10.6 Å². The van der Waals surface area contributed by atoms with Crippen molar-refractivity contribution in [1.82, 2.24) is 0 Å². The number of nitrogen functional groups attached to an aromatic ring is 1. The third-order valence-electron chi connectivity index (χ3n) is 4.59. The maximum atomic E-state index is 13.1. The molecule has 1 aliphatic heterocycles. The normalized spacial score (nSPS) is 13.3. The number of anilines is 2. The van der Waals surface area contributed by atoms with E-state index in [0.717, 1.165) is 4.90 Å². The van der Waals surface area contributed by atoms with Gasteiger partial charge in [0.1, 0.15) is 0 Å². The predicted molar refractivity (Wildman–Crippen MR) is 99.0 cm³/mol. The lowest BCUT2D eigenvalue weighted by atomic mass is 9.92. The van der Waals surface area contributed by atoms with E-state index >= 15 is 0 Å². The molecule has 0 fully saturated rings. The zero-order chi connectivity index (χ0) is 19.5. The molecule has 0 atom stereocenters. The maximum Gasteiger partial charge on any atom is 0.277 e. The highest BCUT2D eigenvalue weighted by atomic mass is 16.6. The van der Waals surface area contributed by atoms with Crippen LogP contribution in [0.15, 0.2) is 42.5 Å². The van der Waals surface area contributed by atoms with E-state index < -0.39 is 16.7 Å². The summed E-state index contributed by atoms with van der Waals surface area (Å²) >= 11 is 0. The molecule has 2 amide bonds. The number of aryl methyl sites for hydroxylation is 1. The molecule has 0 unspecified atom stereocenters. The van der Waals surface area contributed by atoms with E-state index in [1.54, 1.807) is 6.92 Å². The smallest absolute Gasteiger partial charge is 0.277 e. The summed E-state index contributed by atoms with van der Waals surface area (Å²) in [5, 5.41) is 22.0. The Kier molecular flexibility index (Phi) is 3.38. The van der Waals surface area contributed by atoms with Crippen molar-refractivity contribution in [1.29, 1.82) is 0 Å². The molecular formula is C19H13N3O5. The summed E-state index contributed by atoms with van der Waals surface area (Å²) in [5.41, 5.74) is 6.55. The van der Waals surface area contributed by atoms with Gasteiger partial charge in [0.15, 0.2) is 5.75 Å². The second-order valence-corrected chi connectivity index (χ2v) is 6.29. The number of amides is 2. The Morgan fingerprint density at radius 3 is 2.41 bits per heavy atom. The number of hydrogen-bond donors (Lipinski definition) is 2. The number of nitrogens with zero attached hydrogens (tertiary/aromatic N) is 2. The van der Waals surface area contributed by atoms with E-state index in [1.165, 1.54) is 42.5 Å². The standard InChI is InChI=1S/C19H13N3O5/c1-9-7-13(20)17(23)15(8-9)21-18(24)11-4-2-3-10-14(22(26)27)6-5-12(16(10)11)19(21)25/h2-8,23H,20H2,1H3. The fourth-order valence-electron chi connectivity index (χ4n) is 3.42. The second kappa shape index (κ2) is 5.53. The van der Waals surface area contributed by atoms with Gasteiger partial charge in [-0.2, -0.15) is 0 Å². The highest BCUT2D eigenvalue weighted by molar-refractivity contribution is 6.36. The van der Waals surface area contributed by atoms with E-state index in [-0.39, 0.29) is 44.7 Å². The van der Waals surface area contributed by atoms with Crippen LogP contribution in [0.25, 0.3) is 10.8 Å². The Bertz CT molecular complexity index is 1160. The number of benzene rings is 3. The lowest BCUT2D eigenvalue weighted by Crippen LogP contribution is -2.40. The molecule has 0 bridgehead atoms. The Balaban J connectivity index is 2.02. The lowest BCUT2D eigenvalue weighted by Gasteiger charge is -2.28. The number of phenolic OH excluding ortho intramolecular Hbond substituents is 1. The van der Waals surface area contributed by atoms with Gasteiger partial charge in [-0.1, -0.05) is 6.07 Å². The van der Waals surface area contributed by atoms with E-state index in [4.69, 9.17) is 5.73 Å². The van der Waals surface area contributed by atoms with Crippen LogP contribution in [0.1, 0.15) is 26.3 Å². The first-order valence-electron chi connectivity index (χ1n) is 7.99. The fraction of sp³-hybridized carbons (Fsp3) is 0.0526. The monoisotopic (exact) mass is 363 g/mol. The van der Waals surface area contributed by atoms with Gasteiger partial charge in [-0.05, 0) is 42.8 Å². The molecule has 4 rings (SSSR count). The molecule has 0 aromatic heterocycles. The SMILES string of the molecule is Cc1cc(N)c(O)c(N2C(=O)c3cccc4c([N+](=O)[O-])ccc(c34)C2=O)c1. The van der Waals surface area contributed by atoms with Gasteiger partial charge in [-0.25, -0.2) is 4.90 Å². The number of carbonyl (C=O) groups is 2. The number of hydrogen-bond acceptors (Lipinski definition) is 6. The number of phenols is 1. The van der Waals surface area contributed by atoms with Crippen molar-refractivity contribution in [3.8, 4) is 5.75 Å². The van der Waals surface area contributed by atoms with Gasteiger partial charge in [-0.3, -0.25) is 19.7 Å². The first-order valence-corrected chi connectivity index (χ1v) is 7.99. The molecule has 134 valence electrons. The number of nitro groups is 1. The largest absolute Gasteiger partial charge is 0.504 e. The van der Waals surface area contributed by atoms with Crippen molar-refractivity contribution in [3.63, 3.8) is 0 Å². The van der Waals surface area contributed by atoms with Crippen molar-refractivity contribution in [2.45, 2.75) is 6.92 Å². The summed E-state index contributed by atoms with van der Waals surface area (Å²) in [6.07, 6.45) is 0. The molecule has 0 radical (unpaired) electrons. The molecule has 8 nitrogen and oxygen atoms in total. The minimum absolute atomic E-state index is 0.0245. The van der Waals surface area contributed by atoms with Crippen LogP contribution in [0.2, 0.25) is 0 Å². The minimum atomic E-state index is -0.682. The number of imide groups is 1. The van der Waals surface area contributed by atoms with Crippen LogP contribution in [0.4, 0.5) is 17.1 Å². The Morgan fingerprint density at radius 2 is 1.74 bits per heavy atom. The van der Waals surface area contributed by atoms with Gasteiger partial charge in [0.2, 0.25) is 0 Å². The molecule has 27 heavy (non-hydrogen) atoms. The lowest BCUT2D eigenvalue weighted by molar-refractivity contribution is -0.383. The summed E-state index contributed by atoms with van der Waals surface area (Å²) in [5.74, 6) is -1.74. The molecule has 8 heteroatoms. The van der Waals surface area contributed by atoms with Gasteiger partial charge >= 0.3 is 0 Å². The summed E-state index contributed by atoms with van der Waals surface area (Å²) in [6.45, 7) is 1.72. The van der Waals surface area contributed by atoms with Crippen LogP contribution in [-0.2, 0) is 0 Å².